The van der Waals surface area contributed by atoms with E-state index in [0.29, 0.717) is 5.56 Å². The van der Waals surface area contributed by atoms with E-state index < -0.39 is 33.2 Å². The zero-order valence-corrected chi connectivity index (χ0v) is 18.7. The molecular weight excluding hydrogens is 433 g/mol. The van der Waals surface area contributed by atoms with Crippen molar-refractivity contribution in [1.82, 2.24) is 9.62 Å². The number of hydrogen-bond acceptors (Lipinski definition) is 4. The monoisotopic (exact) mass is 458 g/mol. The van der Waals surface area contributed by atoms with Gasteiger partial charge >= 0.3 is 6.18 Å². The van der Waals surface area contributed by atoms with E-state index in [9.17, 15) is 26.4 Å². The first-order chi connectivity index (χ1) is 14.1. The summed E-state index contributed by atoms with van der Waals surface area (Å²) in [5, 5.41) is 0. The van der Waals surface area contributed by atoms with E-state index in [2.05, 4.69) is 4.72 Å². The number of amides is 1. The molecule has 170 valence electrons. The number of benzene rings is 2. The molecular formula is C21H25F3N2O4S. The maximum Gasteiger partial charge on any atom is 0.416 e. The van der Waals surface area contributed by atoms with Crippen LogP contribution in [0.1, 0.15) is 42.3 Å². The number of carbonyl (C=O) groups is 1. The molecule has 2 rings (SSSR count). The SMILES string of the molecule is COc1ccc(C(=O)N(C)Cc2cccc(C(F)(F)F)c2)cc1S(=O)(=O)NC(C)(C)C. The van der Waals surface area contributed by atoms with Crippen molar-refractivity contribution in [2.75, 3.05) is 14.2 Å². The Kier molecular flexibility index (Phi) is 7.07. The molecule has 0 aliphatic heterocycles. The van der Waals surface area contributed by atoms with Gasteiger partial charge in [-0.05, 0) is 56.7 Å². The average Bonchev–Trinajstić information content (AvgIpc) is 2.64. The summed E-state index contributed by atoms with van der Waals surface area (Å²) in [6.07, 6.45) is -4.49. The molecule has 0 unspecified atom stereocenters. The fourth-order valence-electron chi connectivity index (χ4n) is 2.89. The van der Waals surface area contributed by atoms with E-state index in [1.807, 2.05) is 0 Å². The number of halogens is 3. The number of rotatable bonds is 6. The molecule has 1 amide bonds. The molecule has 6 nitrogen and oxygen atoms in total. The van der Waals surface area contributed by atoms with Crippen molar-refractivity contribution in [2.24, 2.45) is 0 Å². The number of methoxy groups -OCH3 is 1. The maximum absolute atomic E-state index is 12.9. The van der Waals surface area contributed by atoms with E-state index in [1.54, 1.807) is 20.8 Å². The molecule has 0 radical (unpaired) electrons. The van der Waals surface area contributed by atoms with Crippen LogP contribution in [0.15, 0.2) is 47.4 Å². The third-order valence-corrected chi connectivity index (χ3v) is 5.94. The molecule has 0 spiro atoms. The Morgan fingerprint density at radius 3 is 2.29 bits per heavy atom. The second kappa shape index (κ2) is 8.88. The predicted octanol–water partition coefficient (Wildman–Crippen LogP) is 4.06. The van der Waals surface area contributed by atoms with Crippen LogP contribution in [-0.2, 0) is 22.7 Å². The van der Waals surface area contributed by atoms with Gasteiger partial charge in [0.15, 0.2) is 0 Å². The predicted molar refractivity (Wildman–Crippen MR) is 110 cm³/mol. The Morgan fingerprint density at radius 1 is 1.10 bits per heavy atom. The van der Waals surface area contributed by atoms with Crippen LogP contribution in [0.2, 0.25) is 0 Å². The molecule has 2 aromatic carbocycles. The number of nitrogens with one attached hydrogen (secondary N) is 1. The fourth-order valence-corrected chi connectivity index (χ4v) is 4.50. The summed E-state index contributed by atoms with van der Waals surface area (Å²) < 4.78 is 71.9. The van der Waals surface area contributed by atoms with Crippen LogP contribution in [0, 0.1) is 0 Å². The van der Waals surface area contributed by atoms with Crippen LogP contribution in [0.3, 0.4) is 0 Å². The summed E-state index contributed by atoms with van der Waals surface area (Å²) in [5.41, 5.74) is -1.22. The van der Waals surface area contributed by atoms with Crippen LogP contribution in [-0.4, -0.2) is 38.9 Å². The first kappa shape index (κ1) is 24.7. The number of ether oxygens (including phenoxy) is 1. The average molecular weight is 459 g/mol. The quantitative estimate of drug-likeness (QED) is 0.708. The number of nitrogens with zero attached hydrogens (tertiary/aromatic N) is 1. The van der Waals surface area contributed by atoms with Crippen LogP contribution in [0.25, 0.3) is 0 Å². The molecule has 0 aromatic heterocycles. The number of carbonyl (C=O) groups excluding carboxylic acids is 1. The molecule has 0 atom stereocenters. The molecule has 0 saturated heterocycles. The summed E-state index contributed by atoms with van der Waals surface area (Å²) in [6.45, 7) is 4.94. The van der Waals surface area contributed by atoms with Crippen LogP contribution in [0.4, 0.5) is 13.2 Å². The van der Waals surface area contributed by atoms with Gasteiger partial charge < -0.3 is 9.64 Å². The molecule has 1 N–H and O–H groups in total. The van der Waals surface area contributed by atoms with E-state index in [1.165, 1.54) is 49.4 Å². The van der Waals surface area contributed by atoms with Crippen molar-refractivity contribution >= 4 is 15.9 Å². The highest BCUT2D eigenvalue weighted by molar-refractivity contribution is 7.89. The Morgan fingerprint density at radius 2 is 1.74 bits per heavy atom. The van der Waals surface area contributed by atoms with Gasteiger partial charge in [0.1, 0.15) is 10.6 Å². The van der Waals surface area contributed by atoms with Gasteiger partial charge in [-0.1, -0.05) is 12.1 Å². The summed E-state index contributed by atoms with van der Waals surface area (Å²) in [5.74, 6) is -0.485. The molecule has 0 saturated carbocycles. The van der Waals surface area contributed by atoms with Crippen molar-refractivity contribution in [3.63, 3.8) is 0 Å². The van der Waals surface area contributed by atoms with E-state index in [0.717, 1.165) is 12.1 Å². The first-order valence-electron chi connectivity index (χ1n) is 9.28. The zero-order chi connectivity index (χ0) is 23.6. The normalized spacial score (nSPS) is 12.5. The largest absolute Gasteiger partial charge is 0.495 e. The highest BCUT2D eigenvalue weighted by Gasteiger charge is 2.31. The van der Waals surface area contributed by atoms with Crippen molar-refractivity contribution in [3.05, 3.63) is 59.2 Å². The third kappa shape index (κ3) is 6.44. The second-order valence-electron chi connectivity index (χ2n) is 8.08. The van der Waals surface area contributed by atoms with Crippen molar-refractivity contribution in [2.45, 2.75) is 43.9 Å². The lowest BCUT2D eigenvalue weighted by molar-refractivity contribution is -0.137. The van der Waals surface area contributed by atoms with Gasteiger partial charge in [0.2, 0.25) is 10.0 Å². The molecule has 0 aliphatic rings. The van der Waals surface area contributed by atoms with Crippen molar-refractivity contribution < 1.29 is 31.1 Å². The topological polar surface area (TPSA) is 75.7 Å². The molecule has 10 heteroatoms. The van der Waals surface area contributed by atoms with E-state index >= 15 is 0 Å². The van der Waals surface area contributed by atoms with Gasteiger partial charge in [0.25, 0.3) is 5.91 Å². The first-order valence-corrected chi connectivity index (χ1v) is 10.8. The minimum Gasteiger partial charge on any atom is -0.495 e. The number of sulfonamides is 1. The van der Waals surface area contributed by atoms with Gasteiger partial charge in [-0.15, -0.1) is 0 Å². The van der Waals surface area contributed by atoms with Gasteiger partial charge in [-0.3, -0.25) is 4.79 Å². The molecule has 0 heterocycles. The summed E-state index contributed by atoms with van der Waals surface area (Å²) in [6, 6.07) is 8.64. The zero-order valence-electron chi connectivity index (χ0n) is 17.9. The minimum atomic E-state index is -4.49. The van der Waals surface area contributed by atoms with E-state index in [-0.39, 0.29) is 22.8 Å². The Balaban J connectivity index is 2.33. The fraction of sp³-hybridized carbons (Fsp3) is 0.381. The molecule has 31 heavy (non-hydrogen) atoms. The molecule has 0 fully saturated rings. The second-order valence-corrected chi connectivity index (χ2v) is 9.73. The van der Waals surface area contributed by atoms with Gasteiger partial charge in [0, 0.05) is 24.7 Å². The van der Waals surface area contributed by atoms with Gasteiger partial charge in [-0.25, -0.2) is 13.1 Å². The van der Waals surface area contributed by atoms with Crippen molar-refractivity contribution in [1.29, 1.82) is 0 Å². The summed E-state index contributed by atoms with van der Waals surface area (Å²) in [4.78, 5) is 13.9. The standard InChI is InChI=1S/C21H25F3N2O4S/c1-20(2,3)25-31(28,29)18-12-15(9-10-17(18)30-5)19(27)26(4)13-14-7-6-8-16(11-14)21(22,23)24/h6-12,25H,13H2,1-5H3. The molecule has 2 aromatic rings. The highest BCUT2D eigenvalue weighted by Crippen LogP contribution is 2.30. The van der Waals surface area contributed by atoms with Gasteiger partial charge in [-0.2, -0.15) is 13.2 Å². The lowest BCUT2D eigenvalue weighted by atomic mass is 10.1. The lowest BCUT2D eigenvalue weighted by Crippen LogP contribution is -2.40. The smallest absolute Gasteiger partial charge is 0.416 e. The number of hydrogen-bond donors (Lipinski definition) is 1. The maximum atomic E-state index is 12.9. The Bertz CT molecular complexity index is 1060. The van der Waals surface area contributed by atoms with Crippen LogP contribution in [0.5, 0.6) is 5.75 Å². The number of alkyl halides is 3. The lowest BCUT2D eigenvalue weighted by Gasteiger charge is -2.22. The third-order valence-electron chi connectivity index (χ3n) is 4.16. The van der Waals surface area contributed by atoms with Crippen molar-refractivity contribution in [3.8, 4) is 5.75 Å². The molecule has 0 bridgehead atoms. The minimum absolute atomic E-state index is 0.0598. The summed E-state index contributed by atoms with van der Waals surface area (Å²) in [7, 11) is -1.26. The summed E-state index contributed by atoms with van der Waals surface area (Å²) >= 11 is 0. The Hall–Kier alpha value is -2.59. The Labute approximate surface area is 180 Å². The van der Waals surface area contributed by atoms with Crippen LogP contribution < -0.4 is 9.46 Å². The highest BCUT2D eigenvalue weighted by atomic mass is 32.2. The molecule has 0 aliphatic carbocycles. The van der Waals surface area contributed by atoms with Crippen LogP contribution >= 0.6 is 0 Å². The van der Waals surface area contributed by atoms with Gasteiger partial charge in [0.05, 0.1) is 12.7 Å². The van der Waals surface area contributed by atoms with E-state index in [4.69, 9.17) is 4.74 Å².